The molecule has 82 valence electrons. The number of benzene rings is 1. The van der Waals surface area contributed by atoms with Crippen molar-refractivity contribution in [3.63, 3.8) is 0 Å². The van der Waals surface area contributed by atoms with Gasteiger partial charge in [0.1, 0.15) is 11.6 Å². The van der Waals surface area contributed by atoms with Gasteiger partial charge in [0.25, 0.3) is 0 Å². The molecule has 1 aromatic rings. The van der Waals surface area contributed by atoms with Gasteiger partial charge in [0, 0.05) is 12.1 Å². The van der Waals surface area contributed by atoms with Crippen molar-refractivity contribution >= 4 is 5.97 Å². The van der Waals surface area contributed by atoms with Gasteiger partial charge in [0.05, 0.1) is 6.42 Å². The van der Waals surface area contributed by atoms with Gasteiger partial charge in [-0.2, -0.15) is 0 Å². The summed E-state index contributed by atoms with van der Waals surface area (Å²) in [6, 6.07) is 2.41. The maximum atomic E-state index is 12.7. The monoisotopic (exact) mass is 215 g/mol. The molecule has 0 saturated heterocycles. The van der Waals surface area contributed by atoms with E-state index in [4.69, 9.17) is 10.8 Å². The number of halogens is 2. The molecule has 1 aromatic carbocycles. The third-order valence-electron chi connectivity index (χ3n) is 1.86. The lowest BCUT2D eigenvalue weighted by molar-refractivity contribution is -0.137. The smallest absolute Gasteiger partial charge is 0.304 e. The van der Waals surface area contributed by atoms with Crippen LogP contribution in [-0.2, 0) is 11.2 Å². The Morgan fingerprint density at radius 3 is 2.33 bits per heavy atom. The Morgan fingerprint density at radius 1 is 1.33 bits per heavy atom. The second-order valence-electron chi connectivity index (χ2n) is 3.34. The molecular weight excluding hydrogens is 204 g/mol. The SMILES string of the molecule is NC(CC(=O)O)Cc1cc(F)cc(F)c1. The van der Waals surface area contributed by atoms with Gasteiger partial charge < -0.3 is 10.8 Å². The molecule has 0 saturated carbocycles. The Balaban J connectivity index is 2.67. The highest BCUT2D eigenvalue weighted by Crippen LogP contribution is 2.10. The van der Waals surface area contributed by atoms with Crippen LogP contribution in [0.25, 0.3) is 0 Å². The fraction of sp³-hybridized carbons (Fsp3) is 0.300. The van der Waals surface area contributed by atoms with E-state index in [0.29, 0.717) is 5.56 Å². The molecule has 1 atom stereocenters. The summed E-state index contributed by atoms with van der Waals surface area (Å²) in [7, 11) is 0. The maximum absolute atomic E-state index is 12.7. The molecule has 15 heavy (non-hydrogen) atoms. The zero-order valence-corrected chi connectivity index (χ0v) is 7.91. The summed E-state index contributed by atoms with van der Waals surface area (Å²) in [5.41, 5.74) is 5.84. The zero-order valence-electron chi connectivity index (χ0n) is 7.91. The van der Waals surface area contributed by atoms with Crippen LogP contribution in [0.15, 0.2) is 18.2 Å². The standard InChI is InChI=1S/C10H11F2NO2/c11-7-1-6(2-8(12)4-7)3-9(13)5-10(14)15/h1-2,4,9H,3,5,13H2,(H,14,15). The van der Waals surface area contributed by atoms with Crippen LogP contribution in [0.3, 0.4) is 0 Å². The fourth-order valence-corrected chi connectivity index (χ4v) is 1.33. The lowest BCUT2D eigenvalue weighted by Gasteiger charge is -2.08. The largest absolute Gasteiger partial charge is 0.481 e. The summed E-state index contributed by atoms with van der Waals surface area (Å²) in [6.07, 6.45) is -0.0842. The lowest BCUT2D eigenvalue weighted by Crippen LogP contribution is -2.26. The van der Waals surface area contributed by atoms with E-state index in [1.807, 2.05) is 0 Å². The first-order valence-corrected chi connectivity index (χ1v) is 4.39. The highest BCUT2D eigenvalue weighted by Gasteiger charge is 2.10. The molecule has 0 amide bonds. The van der Waals surface area contributed by atoms with E-state index in [-0.39, 0.29) is 12.8 Å². The first-order chi connectivity index (χ1) is 6.97. The number of carbonyl (C=O) groups is 1. The van der Waals surface area contributed by atoms with Crippen LogP contribution < -0.4 is 5.73 Å². The Bertz CT molecular complexity index is 348. The molecule has 0 aliphatic carbocycles. The number of carboxylic acids is 1. The quantitative estimate of drug-likeness (QED) is 0.795. The van der Waals surface area contributed by atoms with Gasteiger partial charge in [-0.15, -0.1) is 0 Å². The van der Waals surface area contributed by atoms with Crippen LogP contribution in [0.5, 0.6) is 0 Å². The van der Waals surface area contributed by atoms with Crippen molar-refractivity contribution < 1.29 is 18.7 Å². The van der Waals surface area contributed by atoms with Gasteiger partial charge >= 0.3 is 5.97 Å². The predicted octanol–water partition coefficient (Wildman–Crippen LogP) is 1.31. The predicted molar refractivity (Wildman–Crippen MR) is 50.3 cm³/mol. The highest BCUT2D eigenvalue weighted by molar-refractivity contribution is 5.67. The minimum Gasteiger partial charge on any atom is -0.481 e. The summed E-state index contributed by atoms with van der Waals surface area (Å²) < 4.78 is 25.5. The van der Waals surface area contributed by atoms with Crippen molar-refractivity contribution in [1.29, 1.82) is 0 Å². The molecule has 0 aliphatic heterocycles. The average Bonchev–Trinajstić information content (AvgIpc) is 1.98. The Kier molecular flexibility index (Phi) is 3.74. The Labute approximate surface area is 85.5 Å². The third kappa shape index (κ3) is 4.03. The number of rotatable bonds is 4. The molecule has 0 bridgehead atoms. The minimum absolute atomic E-state index is 0.140. The van der Waals surface area contributed by atoms with Crippen LogP contribution >= 0.6 is 0 Å². The normalized spacial score (nSPS) is 12.5. The van der Waals surface area contributed by atoms with Gasteiger partial charge in [-0.3, -0.25) is 4.79 Å². The van der Waals surface area contributed by atoms with E-state index < -0.39 is 23.6 Å². The zero-order chi connectivity index (χ0) is 11.4. The number of aliphatic carboxylic acids is 1. The topological polar surface area (TPSA) is 63.3 Å². The van der Waals surface area contributed by atoms with Gasteiger partial charge in [0.15, 0.2) is 0 Å². The van der Waals surface area contributed by atoms with Crippen LogP contribution in [-0.4, -0.2) is 17.1 Å². The molecule has 0 aliphatic rings. The lowest BCUT2D eigenvalue weighted by atomic mass is 10.0. The summed E-state index contributed by atoms with van der Waals surface area (Å²) >= 11 is 0. The minimum atomic E-state index is -1.03. The second kappa shape index (κ2) is 4.84. The molecule has 0 fully saturated rings. The fourth-order valence-electron chi connectivity index (χ4n) is 1.33. The molecule has 0 radical (unpaired) electrons. The summed E-state index contributed by atoms with van der Waals surface area (Å²) in [5, 5.41) is 8.44. The maximum Gasteiger partial charge on any atom is 0.304 e. The number of hydrogen-bond acceptors (Lipinski definition) is 2. The van der Waals surface area contributed by atoms with Crippen molar-refractivity contribution in [1.82, 2.24) is 0 Å². The highest BCUT2D eigenvalue weighted by atomic mass is 19.1. The summed E-state index contributed by atoms with van der Waals surface area (Å²) in [6.45, 7) is 0. The van der Waals surface area contributed by atoms with E-state index in [0.717, 1.165) is 18.2 Å². The van der Waals surface area contributed by atoms with Gasteiger partial charge in [-0.05, 0) is 24.1 Å². The molecule has 0 aromatic heterocycles. The molecular formula is C10H11F2NO2. The van der Waals surface area contributed by atoms with Crippen molar-refractivity contribution in [3.05, 3.63) is 35.4 Å². The number of nitrogens with two attached hydrogens (primary N) is 1. The van der Waals surface area contributed by atoms with Crippen molar-refractivity contribution in [2.75, 3.05) is 0 Å². The van der Waals surface area contributed by atoms with Crippen LogP contribution in [0, 0.1) is 11.6 Å². The van der Waals surface area contributed by atoms with Crippen LogP contribution in [0.4, 0.5) is 8.78 Å². The summed E-state index contributed by atoms with van der Waals surface area (Å²) in [4.78, 5) is 10.3. The number of carboxylic acid groups (broad SMARTS) is 1. The van der Waals surface area contributed by atoms with Crippen LogP contribution in [0.1, 0.15) is 12.0 Å². The third-order valence-corrected chi connectivity index (χ3v) is 1.86. The van der Waals surface area contributed by atoms with Gasteiger partial charge in [0.2, 0.25) is 0 Å². The second-order valence-corrected chi connectivity index (χ2v) is 3.34. The Hall–Kier alpha value is -1.49. The summed E-state index contributed by atoms with van der Waals surface area (Å²) in [5.74, 6) is -2.40. The van der Waals surface area contributed by atoms with E-state index in [9.17, 15) is 13.6 Å². The van der Waals surface area contributed by atoms with Gasteiger partial charge in [-0.25, -0.2) is 8.78 Å². The first kappa shape index (κ1) is 11.6. The van der Waals surface area contributed by atoms with Crippen molar-refractivity contribution in [2.45, 2.75) is 18.9 Å². The van der Waals surface area contributed by atoms with Crippen LogP contribution in [0.2, 0.25) is 0 Å². The van der Waals surface area contributed by atoms with E-state index in [2.05, 4.69) is 0 Å². The van der Waals surface area contributed by atoms with E-state index in [1.165, 1.54) is 0 Å². The molecule has 1 unspecified atom stereocenters. The molecule has 0 spiro atoms. The molecule has 3 nitrogen and oxygen atoms in total. The van der Waals surface area contributed by atoms with Crippen molar-refractivity contribution in [2.24, 2.45) is 5.73 Å². The van der Waals surface area contributed by atoms with Crippen molar-refractivity contribution in [3.8, 4) is 0 Å². The molecule has 5 heteroatoms. The Morgan fingerprint density at radius 2 is 1.87 bits per heavy atom. The first-order valence-electron chi connectivity index (χ1n) is 4.39. The average molecular weight is 215 g/mol. The molecule has 1 rings (SSSR count). The van der Waals surface area contributed by atoms with E-state index in [1.54, 1.807) is 0 Å². The molecule has 0 heterocycles. The molecule has 3 N–H and O–H groups in total. The number of hydrogen-bond donors (Lipinski definition) is 2. The van der Waals surface area contributed by atoms with Gasteiger partial charge in [-0.1, -0.05) is 0 Å². The van der Waals surface area contributed by atoms with E-state index >= 15 is 0 Å².